The largest absolute Gasteiger partial charge is 2.00 e. The van der Waals surface area contributed by atoms with Crippen LogP contribution < -0.4 is 24.8 Å². The van der Waals surface area contributed by atoms with E-state index in [9.17, 15) is 5.11 Å². The number of hydrogen-bond acceptors (Lipinski definition) is 1. The van der Waals surface area contributed by atoms with Crippen LogP contribution in [0, 0.1) is 17.3 Å². The second-order valence-corrected chi connectivity index (χ2v) is 6.73. The maximum Gasteiger partial charge on any atom is 2.00 e. The summed E-state index contributed by atoms with van der Waals surface area (Å²) in [5.41, 5.74) is 3.49. The zero-order chi connectivity index (χ0) is 14.0. The third-order valence-corrected chi connectivity index (χ3v) is 5.65. The number of aliphatic hydroxyl groups is 1. The van der Waals surface area contributed by atoms with Crippen LogP contribution in [0.5, 0.6) is 0 Å². The van der Waals surface area contributed by atoms with Crippen LogP contribution in [0.1, 0.15) is 45.4 Å². The first-order chi connectivity index (χ1) is 9.75. The smallest absolute Gasteiger partial charge is 1.00 e. The number of rotatable bonds is 5. The summed E-state index contributed by atoms with van der Waals surface area (Å²) in [6, 6.07) is 0. The molecule has 0 heterocycles. The molecule has 1 nitrogen and oxygen atoms in total. The summed E-state index contributed by atoms with van der Waals surface area (Å²) in [6.07, 6.45) is 20.8. The van der Waals surface area contributed by atoms with Gasteiger partial charge in [-0.15, -0.1) is 0 Å². The Labute approximate surface area is 172 Å². The monoisotopic (exact) mass is 430 g/mol. The van der Waals surface area contributed by atoms with E-state index in [4.69, 9.17) is 0 Å². The van der Waals surface area contributed by atoms with Crippen molar-refractivity contribution in [2.24, 2.45) is 17.3 Å². The van der Waals surface area contributed by atoms with E-state index in [0.29, 0.717) is 12.5 Å². The van der Waals surface area contributed by atoms with Crippen molar-refractivity contribution in [1.82, 2.24) is 0 Å². The molecular formula is C19H26Cl2OZr. The molecule has 0 aliphatic heterocycles. The minimum absolute atomic E-state index is 0. The molecule has 3 atom stereocenters. The molecule has 0 bridgehead atoms. The third-order valence-electron chi connectivity index (χ3n) is 5.65. The van der Waals surface area contributed by atoms with Gasteiger partial charge in [-0.2, -0.15) is 0 Å². The van der Waals surface area contributed by atoms with E-state index < -0.39 is 0 Å². The summed E-state index contributed by atoms with van der Waals surface area (Å²) < 4.78 is 0. The first-order valence-corrected chi connectivity index (χ1v) is 8.09. The van der Waals surface area contributed by atoms with Gasteiger partial charge in [0.25, 0.3) is 0 Å². The summed E-state index contributed by atoms with van der Waals surface area (Å²) in [5, 5.41) is 9.29. The van der Waals surface area contributed by atoms with Gasteiger partial charge in [0.05, 0.1) is 0 Å². The van der Waals surface area contributed by atoms with E-state index in [1.165, 1.54) is 19.3 Å². The standard InChI is InChI=1S/C19H26O.2ClH.Zr/c1-19(13-6-14-20,16-8-3-4-9-16)18-12-11-15-7-2-5-10-17(15)18;;;/h2-5,8,10,15,18,20H,6-7,9,11-14H2,1H3;2*1H;/q;;;+2/p-2. The van der Waals surface area contributed by atoms with E-state index >= 15 is 0 Å². The van der Waals surface area contributed by atoms with Gasteiger partial charge in [0, 0.05) is 6.61 Å². The van der Waals surface area contributed by atoms with Crippen LogP contribution in [0.25, 0.3) is 0 Å². The molecule has 1 N–H and O–H groups in total. The van der Waals surface area contributed by atoms with E-state index in [1.807, 2.05) is 0 Å². The van der Waals surface area contributed by atoms with Crippen molar-refractivity contribution in [3.8, 4) is 0 Å². The predicted octanol–water partition coefficient (Wildman–Crippen LogP) is -1.43. The third kappa shape index (κ3) is 4.72. The minimum atomic E-state index is 0. The molecule has 1 saturated carbocycles. The molecule has 3 aliphatic rings. The fourth-order valence-corrected chi connectivity index (χ4v) is 4.48. The molecular weight excluding hydrogens is 406 g/mol. The molecule has 3 aliphatic carbocycles. The Morgan fingerprint density at radius 2 is 1.87 bits per heavy atom. The molecule has 4 heteroatoms. The molecule has 0 aromatic rings. The normalized spacial score (nSPS) is 26.9. The molecule has 3 rings (SSSR count). The van der Waals surface area contributed by atoms with Crippen molar-refractivity contribution >= 4 is 0 Å². The van der Waals surface area contributed by atoms with E-state index in [1.54, 1.807) is 11.1 Å². The minimum Gasteiger partial charge on any atom is -1.00 e. The fourth-order valence-electron chi connectivity index (χ4n) is 4.48. The topological polar surface area (TPSA) is 20.2 Å². The molecule has 126 valence electrons. The molecule has 3 unspecified atom stereocenters. The molecule has 0 aromatic carbocycles. The van der Waals surface area contributed by atoms with Crippen LogP contribution >= 0.6 is 0 Å². The van der Waals surface area contributed by atoms with E-state index in [-0.39, 0.29) is 56.4 Å². The number of halogens is 2. The van der Waals surface area contributed by atoms with Gasteiger partial charge in [-0.3, -0.25) is 0 Å². The number of fused-ring (bicyclic) bond motifs is 1. The SMILES string of the molecule is CC(CCCO)(C1=CC=CC1)C1CCC2CC=CC=C21.[Cl-].[Cl-].[Zr+2]. The Morgan fingerprint density at radius 3 is 2.52 bits per heavy atom. The van der Waals surface area contributed by atoms with Crippen LogP contribution in [0.15, 0.2) is 47.6 Å². The first kappa shape index (κ1) is 23.4. The van der Waals surface area contributed by atoms with Crippen molar-refractivity contribution in [1.29, 1.82) is 0 Å². The van der Waals surface area contributed by atoms with Gasteiger partial charge in [0.15, 0.2) is 0 Å². The Balaban J connectivity index is 0.00000161. The van der Waals surface area contributed by atoms with Crippen LogP contribution in [-0.2, 0) is 26.2 Å². The maximum atomic E-state index is 9.29. The Bertz CT molecular complexity index is 496. The zero-order valence-corrected chi connectivity index (χ0v) is 17.7. The molecule has 0 spiro atoms. The average Bonchev–Trinajstić information content (AvgIpc) is 3.14. The molecule has 0 saturated heterocycles. The van der Waals surface area contributed by atoms with Crippen LogP contribution in [0.3, 0.4) is 0 Å². The molecule has 23 heavy (non-hydrogen) atoms. The Hall–Kier alpha value is 0.383. The predicted molar refractivity (Wildman–Crippen MR) is 84.3 cm³/mol. The quantitative estimate of drug-likeness (QED) is 0.565. The maximum absolute atomic E-state index is 9.29. The Kier molecular flexibility index (Phi) is 10.6. The molecule has 1 fully saturated rings. The summed E-state index contributed by atoms with van der Waals surface area (Å²) in [5.74, 6) is 1.46. The molecule has 0 amide bonds. The van der Waals surface area contributed by atoms with Crippen molar-refractivity contribution in [2.45, 2.75) is 45.4 Å². The zero-order valence-electron chi connectivity index (χ0n) is 13.8. The molecule has 0 radical (unpaired) electrons. The van der Waals surface area contributed by atoms with Crippen molar-refractivity contribution in [3.05, 3.63) is 47.6 Å². The summed E-state index contributed by atoms with van der Waals surface area (Å²) >= 11 is 0. The summed E-state index contributed by atoms with van der Waals surface area (Å²) in [6.45, 7) is 2.75. The Morgan fingerprint density at radius 1 is 1.13 bits per heavy atom. The average molecular weight is 433 g/mol. The van der Waals surface area contributed by atoms with Crippen molar-refractivity contribution < 1.29 is 56.1 Å². The van der Waals surface area contributed by atoms with Gasteiger partial charge in [-0.1, -0.05) is 54.5 Å². The summed E-state index contributed by atoms with van der Waals surface area (Å²) in [4.78, 5) is 0. The number of aliphatic hydroxyl groups excluding tert-OH is 1. The van der Waals surface area contributed by atoms with Gasteiger partial charge in [0.1, 0.15) is 0 Å². The van der Waals surface area contributed by atoms with Gasteiger partial charge in [-0.05, 0) is 55.8 Å². The fraction of sp³-hybridized carbons (Fsp3) is 0.579. The van der Waals surface area contributed by atoms with E-state index in [2.05, 4.69) is 43.4 Å². The van der Waals surface area contributed by atoms with Gasteiger partial charge >= 0.3 is 26.2 Å². The first-order valence-electron chi connectivity index (χ1n) is 8.09. The second-order valence-electron chi connectivity index (χ2n) is 6.73. The summed E-state index contributed by atoms with van der Waals surface area (Å²) in [7, 11) is 0. The van der Waals surface area contributed by atoms with Crippen LogP contribution in [0.2, 0.25) is 0 Å². The van der Waals surface area contributed by atoms with Gasteiger partial charge < -0.3 is 29.9 Å². The van der Waals surface area contributed by atoms with Gasteiger partial charge in [-0.25, -0.2) is 0 Å². The van der Waals surface area contributed by atoms with E-state index in [0.717, 1.165) is 25.2 Å². The van der Waals surface area contributed by atoms with Crippen LogP contribution in [0.4, 0.5) is 0 Å². The van der Waals surface area contributed by atoms with Crippen molar-refractivity contribution in [3.63, 3.8) is 0 Å². The number of allylic oxidation sites excluding steroid dienone is 8. The molecule has 0 aromatic heterocycles. The number of hydrogen-bond donors (Lipinski definition) is 1. The second kappa shape index (κ2) is 10.4. The van der Waals surface area contributed by atoms with Crippen LogP contribution in [-0.4, -0.2) is 11.7 Å². The van der Waals surface area contributed by atoms with Crippen molar-refractivity contribution in [2.75, 3.05) is 6.61 Å². The van der Waals surface area contributed by atoms with Gasteiger partial charge in [0.2, 0.25) is 0 Å².